The Morgan fingerprint density at radius 1 is 0.380 bits per heavy atom. The predicted octanol–water partition coefficient (Wildman–Crippen LogP) is 17.7. The molecule has 2 atom stereocenters. The van der Waals surface area contributed by atoms with Crippen LogP contribution in [0.5, 0.6) is 0 Å². The smallest absolute Gasteiger partial charge is 0.306 e. The fourth-order valence-electron chi connectivity index (χ4n) is 8.15. The first-order valence-electron chi connectivity index (χ1n) is 31.3. The van der Waals surface area contributed by atoms with Crippen molar-refractivity contribution in [1.29, 1.82) is 0 Å². The number of quaternary nitrogens is 1. The average Bonchev–Trinajstić information content (AvgIpc) is 3.42. The van der Waals surface area contributed by atoms with Crippen LogP contribution in [0.1, 0.15) is 232 Å². The van der Waals surface area contributed by atoms with E-state index in [0.29, 0.717) is 23.9 Å². The number of ether oxygens (including phenoxy) is 4. The highest BCUT2D eigenvalue weighted by atomic mass is 16.7. The molecule has 0 rings (SSSR count). The summed E-state index contributed by atoms with van der Waals surface area (Å²) in [6.07, 6.45) is 82.2. The Hall–Kier alpha value is -4.57. The molecule has 9 heteroatoms. The van der Waals surface area contributed by atoms with Gasteiger partial charge in [0.2, 0.25) is 0 Å². The molecule has 0 aliphatic carbocycles. The van der Waals surface area contributed by atoms with E-state index in [-0.39, 0.29) is 38.6 Å². The van der Waals surface area contributed by atoms with Crippen molar-refractivity contribution in [3.63, 3.8) is 0 Å². The van der Waals surface area contributed by atoms with Gasteiger partial charge in [0.1, 0.15) is 13.2 Å². The molecule has 0 aromatic heterocycles. The van der Waals surface area contributed by atoms with Crippen molar-refractivity contribution in [2.45, 2.75) is 245 Å². The summed E-state index contributed by atoms with van der Waals surface area (Å²) in [5.41, 5.74) is 0. The van der Waals surface area contributed by atoms with E-state index in [0.717, 1.165) is 122 Å². The maximum Gasteiger partial charge on any atom is 0.306 e. The second-order valence-corrected chi connectivity index (χ2v) is 21.6. The molecular weight excluding hydrogens is 983 g/mol. The fourth-order valence-corrected chi connectivity index (χ4v) is 8.15. The summed E-state index contributed by atoms with van der Waals surface area (Å²) in [5, 5.41) is 11.8. The van der Waals surface area contributed by atoms with Crippen LogP contribution in [0, 0.1) is 0 Å². The Morgan fingerprint density at radius 2 is 0.684 bits per heavy atom. The van der Waals surface area contributed by atoms with Crippen LogP contribution in [0.25, 0.3) is 0 Å². The molecule has 0 aliphatic rings. The quantitative estimate of drug-likeness (QED) is 0.0195. The number of carbonyl (C=O) groups is 3. The number of carboxylic acids is 1. The van der Waals surface area contributed by atoms with Crippen molar-refractivity contribution in [3.05, 3.63) is 134 Å². The van der Waals surface area contributed by atoms with Gasteiger partial charge in [-0.2, -0.15) is 0 Å². The number of esters is 2. The number of carboxylic acid groups (broad SMARTS) is 1. The van der Waals surface area contributed by atoms with Gasteiger partial charge in [-0.3, -0.25) is 9.59 Å². The van der Waals surface area contributed by atoms with Crippen LogP contribution in [0.4, 0.5) is 0 Å². The molecule has 0 heterocycles. The standard InChI is InChI=1S/C70H115NO8/c1-6-8-10-12-14-16-18-20-22-24-26-28-29-30-31-32-33-34-35-36-37-38-39-41-43-45-47-49-51-53-55-57-59-61-68(73)79-66(65-78-70(69(74)75)76-63-62-71(3,4)5)64-77-67(72)60-58-56-54-52-50-48-46-44-42-40-27-25-23-21-19-17-15-13-11-9-7-2/h8-11,14-17,20-23,26-28,30-31,33-34,40,44,46,66,70H,6-7,12-13,18-19,24-25,29,32,35-39,41-43,45,47-65H2,1-5H3/b10-8-,11-9-,16-14-,17-15-,22-20-,23-21-,28-26-,31-30-,34-33-,40-27-,46-44-. The largest absolute Gasteiger partial charge is 0.545 e. The first-order valence-corrected chi connectivity index (χ1v) is 31.3. The van der Waals surface area contributed by atoms with Gasteiger partial charge in [0.25, 0.3) is 0 Å². The normalized spacial score (nSPS) is 13.7. The van der Waals surface area contributed by atoms with E-state index in [2.05, 4.69) is 148 Å². The number of allylic oxidation sites excluding steroid dienone is 22. The van der Waals surface area contributed by atoms with E-state index in [4.69, 9.17) is 18.9 Å². The zero-order valence-electron chi connectivity index (χ0n) is 50.9. The highest BCUT2D eigenvalue weighted by Crippen LogP contribution is 2.16. The lowest BCUT2D eigenvalue weighted by atomic mass is 10.0. The molecule has 0 N–H and O–H groups in total. The summed E-state index contributed by atoms with van der Waals surface area (Å²) in [7, 11) is 5.91. The minimum absolute atomic E-state index is 0.138. The van der Waals surface area contributed by atoms with Crippen LogP contribution in [-0.4, -0.2) is 82.3 Å². The molecule has 0 aromatic carbocycles. The van der Waals surface area contributed by atoms with Gasteiger partial charge in [-0.1, -0.05) is 244 Å². The Bertz CT molecular complexity index is 1750. The summed E-state index contributed by atoms with van der Waals surface area (Å²) in [5.74, 6) is -2.32. The maximum atomic E-state index is 12.9. The molecule has 0 aliphatic heterocycles. The van der Waals surface area contributed by atoms with E-state index >= 15 is 0 Å². The molecule has 0 bridgehead atoms. The second kappa shape index (κ2) is 59.5. The van der Waals surface area contributed by atoms with E-state index in [1.807, 2.05) is 21.1 Å². The van der Waals surface area contributed by atoms with Gasteiger partial charge in [0.15, 0.2) is 12.4 Å². The SMILES string of the molecule is CC/C=C\C/C=C\C/C=C\C/C=C\C/C=C\C/C=C\CCCCCCCCCCCCCCCCC(=O)OC(COC(=O)CCCCCCC/C=C\C/C=C\C/C=C\C/C=C\C/C=C\CC)COC(OCC[N+](C)(C)C)C(=O)[O-]. The minimum atomic E-state index is -1.63. The summed E-state index contributed by atoms with van der Waals surface area (Å²) >= 11 is 0. The van der Waals surface area contributed by atoms with Crippen LogP contribution in [0.15, 0.2) is 134 Å². The minimum Gasteiger partial charge on any atom is -0.545 e. The molecule has 79 heavy (non-hydrogen) atoms. The molecule has 0 aromatic rings. The van der Waals surface area contributed by atoms with Crippen molar-refractivity contribution >= 4 is 17.9 Å². The van der Waals surface area contributed by atoms with Gasteiger partial charge in [0.05, 0.1) is 40.3 Å². The first-order chi connectivity index (χ1) is 38.6. The summed E-state index contributed by atoms with van der Waals surface area (Å²) < 4.78 is 22.7. The molecule has 0 fully saturated rings. The molecule has 0 spiro atoms. The Morgan fingerprint density at radius 3 is 1.01 bits per heavy atom. The van der Waals surface area contributed by atoms with Crippen LogP contribution in [0.3, 0.4) is 0 Å². The third-order valence-corrected chi connectivity index (χ3v) is 12.9. The zero-order chi connectivity index (χ0) is 57.6. The monoisotopic (exact) mass is 1100 g/mol. The van der Waals surface area contributed by atoms with E-state index in [9.17, 15) is 19.5 Å². The molecule has 9 nitrogen and oxygen atoms in total. The fraction of sp³-hybridized carbons (Fsp3) is 0.643. The number of rotatable bonds is 56. The van der Waals surface area contributed by atoms with E-state index in [1.165, 1.54) is 70.6 Å². The predicted molar refractivity (Wildman–Crippen MR) is 333 cm³/mol. The number of unbranched alkanes of at least 4 members (excludes halogenated alkanes) is 19. The van der Waals surface area contributed by atoms with Gasteiger partial charge in [-0.05, 0) is 109 Å². The van der Waals surface area contributed by atoms with Crippen LogP contribution in [-0.2, 0) is 33.3 Å². The van der Waals surface area contributed by atoms with Crippen LogP contribution in [0.2, 0.25) is 0 Å². The second-order valence-electron chi connectivity index (χ2n) is 21.6. The number of hydrogen-bond acceptors (Lipinski definition) is 8. The number of hydrogen-bond donors (Lipinski definition) is 0. The Kier molecular flexibility index (Phi) is 56.1. The lowest BCUT2D eigenvalue weighted by Gasteiger charge is -2.26. The number of carbonyl (C=O) groups excluding carboxylic acids is 3. The van der Waals surface area contributed by atoms with E-state index < -0.39 is 24.3 Å². The zero-order valence-corrected chi connectivity index (χ0v) is 50.9. The van der Waals surface area contributed by atoms with Crippen molar-refractivity contribution in [2.24, 2.45) is 0 Å². The van der Waals surface area contributed by atoms with E-state index in [1.54, 1.807) is 0 Å². The van der Waals surface area contributed by atoms with Gasteiger partial charge in [-0.25, -0.2) is 0 Å². The molecule has 2 unspecified atom stereocenters. The highest BCUT2D eigenvalue weighted by Gasteiger charge is 2.22. The third-order valence-electron chi connectivity index (χ3n) is 12.9. The van der Waals surface area contributed by atoms with Crippen molar-refractivity contribution < 1.29 is 42.9 Å². The molecule has 0 radical (unpaired) electrons. The molecular formula is C70H115NO8. The average molecular weight is 1100 g/mol. The lowest BCUT2D eigenvalue weighted by Crippen LogP contribution is -2.44. The van der Waals surface area contributed by atoms with Gasteiger partial charge < -0.3 is 33.3 Å². The number of aliphatic carboxylic acids is 1. The summed E-state index contributed by atoms with van der Waals surface area (Å²) in [6.45, 7) is 4.49. The Balaban J connectivity index is 4.21. The van der Waals surface area contributed by atoms with Crippen LogP contribution < -0.4 is 5.11 Å². The topological polar surface area (TPSA) is 111 Å². The highest BCUT2D eigenvalue weighted by molar-refractivity contribution is 5.70. The molecule has 0 saturated carbocycles. The summed E-state index contributed by atoms with van der Waals surface area (Å²) in [4.78, 5) is 37.4. The Labute approximate surface area is 484 Å². The van der Waals surface area contributed by atoms with Gasteiger partial charge in [-0.15, -0.1) is 0 Å². The number of likely N-dealkylation sites (N-methyl/N-ethyl adjacent to an activating group) is 1. The van der Waals surface area contributed by atoms with Crippen LogP contribution >= 0.6 is 0 Å². The first kappa shape index (κ1) is 74.4. The summed E-state index contributed by atoms with van der Waals surface area (Å²) in [6, 6.07) is 0. The maximum absolute atomic E-state index is 12.9. The van der Waals surface area contributed by atoms with Crippen molar-refractivity contribution in [2.75, 3.05) is 47.5 Å². The number of nitrogens with zero attached hydrogens (tertiary/aromatic N) is 1. The third kappa shape index (κ3) is 60.9. The lowest BCUT2D eigenvalue weighted by molar-refractivity contribution is -0.870. The van der Waals surface area contributed by atoms with Gasteiger partial charge in [0, 0.05) is 12.8 Å². The van der Waals surface area contributed by atoms with Crippen molar-refractivity contribution in [3.8, 4) is 0 Å². The van der Waals surface area contributed by atoms with Crippen molar-refractivity contribution in [1.82, 2.24) is 0 Å². The molecule has 0 amide bonds. The molecule has 448 valence electrons. The van der Waals surface area contributed by atoms with Gasteiger partial charge >= 0.3 is 11.9 Å². The molecule has 0 saturated heterocycles.